The fourth-order valence-electron chi connectivity index (χ4n) is 3.52. The van der Waals surface area contributed by atoms with Crippen molar-refractivity contribution in [1.82, 2.24) is 15.6 Å². The van der Waals surface area contributed by atoms with Gasteiger partial charge in [0.1, 0.15) is 5.75 Å². The molecule has 0 radical (unpaired) electrons. The summed E-state index contributed by atoms with van der Waals surface area (Å²) in [6.45, 7) is 6.11. The summed E-state index contributed by atoms with van der Waals surface area (Å²) in [5.74, 6) is -0.614. The Hall–Kier alpha value is -2.47. The molecule has 3 N–H and O–H groups in total. The Morgan fingerprint density at radius 2 is 1.83 bits per heavy atom. The number of morpholine rings is 1. The van der Waals surface area contributed by atoms with Gasteiger partial charge in [0.2, 0.25) is 0 Å². The van der Waals surface area contributed by atoms with Gasteiger partial charge in [0, 0.05) is 31.6 Å². The van der Waals surface area contributed by atoms with E-state index in [-0.39, 0.29) is 11.7 Å². The second-order valence-corrected chi connectivity index (χ2v) is 10.7. The molecule has 1 aliphatic heterocycles. The van der Waals surface area contributed by atoms with Crippen LogP contribution in [0.5, 0.6) is 5.75 Å². The lowest BCUT2D eigenvalue weighted by molar-refractivity contribution is 0.0383. The number of rotatable bonds is 8. The quantitative estimate of drug-likeness (QED) is 0.271. The highest BCUT2D eigenvalue weighted by molar-refractivity contribution is 7.16. The first-order valence-electron chi connectivity index (χ1n) is 11.1. The molecule has 36 heavy (non-hydrogen) atoms. The average molecular weight is 568 g/mol. The number of hydrogen-bond donors (Lipinski definition) is 3. The van der Waals surface area contributed by atoms with Gasteiger partial charge in [-0.05, 0) is 36.8 Å². The Morgan fingerprint density at radius 1 is 1.11 bits per heavy atom. The number of nitrogens with zero attached hydrogens (tertiary/aromatic N) is 2. The van der Waals surface area contributed by atoms with Crippen LogP contribution in [-0.4, -0.2) is 66.9 Å². The number of thiophene rings is 2. The summed E-state index contributed by atoms with van der Waals surface area (Å²) in [6.07, 6.45) is 0. The van der Waals surface area contributed by atoms with Gasteiger partial charge in [-0.25, -0.2) is 5.43 Å². The molecule has 1 aliphatic rings. The molecule has 4 rings (SSSR count). The number of hydrazone groups is 1. The molecule has 1 fully saturated rings. The third-order valence-electron chi connectivity index (χ3n) is 5.53. The number of carbonyl (C=O) groups is 2. The fourth-order valence-corrected chi connectivity index (χ4v) is 5.63. The predicted octanol–water partition coefficient (Wildman–Crippen LogP) is 4.71. The summed E-state index contributed by atoms with van der Waals surface area (Å²) >= 11 is 14.5. The van der Waals surface area contributed by atoms with Crippen LogP contribution in [-0.2, 0) is 4.74 Å². The molecule has 12 heteroatoms. The van der Waals surface area contributed by atoms with Crippen molar-refractivity contribution in [3.63, 3.8) is 0 Å². The summed E-state index contributed by atoms with van der Waals surface area (Å²) in [7, 11) is 0. The van der Waals surface area contributed by atoms with Gasteiger partial charge in [0.15, 0.2) is 0 Å². The first kappa shape index (κ1) is 26.6. The lowest BCUT2D eigenvalue weighted by Crippen LogP contribution is -2.41. The Balaban J connectivity index is 1.34. The van der Waals surface area contributed by atoms with Crippen molar-refractivity contribution in [2.75, 3.05) is 39.4 Å². The van der Waals surface area contributed by atoms with Gasteiger partial charge in [0.05, 0.1) is 49.2 Å². The lowest BCUT2D eigenvalue weighted by Gasteiger charge is -2.26. The maximum atomic E-state index is 12.6. The number of amides is 2. The number of nitrogens with one attached hydrogen (secondary N) is 2. The molecule has 0 aliphatic carbocycles. The highest BCUT2D eigenvalue weighted by Crippen LogP contribution is 2.40. The van der Waals surface area contributed by atoms with E-state index in [1.807, 2.05) is 0 Å². The van der Waals surface area contributed by atoms with Crippen molar-refractivity contribution in [2.24, 2.45) is 5.10 Å². The molecule has 190 valence electrons. The number of ether oxygens (including phenoxy) is 1. The number of carbonyl (C=O) groups excluding carboxylic acids is 2. The Bertz CT molecular complexity index is 1280. The lowest BCUT2D eigenvalue weighted by atomic mass is 10.1. The van der Waals surface area contributed by atoms with E-state index < -0.39 is 5.91 Å². The van der Waals surface area contributed by atoms with E-state index >= 15 is 0 Å². The molecular weight excluding hydrogens is 543 g/mol. The first-order chi connectivity index (χ1) is 17.3. The topological polar surface area (TPSA) is 103 Å². The van der Waals surface area contributed by atoms with Crippen LogP contribution in [0.3, 0.4) is 0 Å². The van der Waals surface area contributed by atoms with Gasteiger partial charge in [-0.2, -0.15) is 5.10 Å². The highest BCUT2D eigenvalue weighted by atomic mass is 35.5. The molecule has 1 aromatic carbocycles. The number of halogens is 2. The molecule has 3 heterocycles. The molecule has 0 atom stereocenters. The van der Waals surface area contributed by atoms with E-state index in [9.17, 15) is 14.7 Å². The van der Waals surface area contributed by atoms with Crippen LogP contribution in [0.15, 0.2) is 40.8 Å². The number of hydrogen-bond acceptors (Lipinski definition) is 8. The van der Waals surface area contributed by atoms with E-state index in [0.717, 1.165) is 36.5 Å². The van der Waals surface area contributed by atoms with Crippen molar-refractivity contribution >= 4 is 63.4 Å². The van der Waals surface area contributed by atoms with Gasteiger partial charge in [0.25, 0.3) is 11.8 Å². The molecule has 0 spiro atoms. The third-order valence-corrected chi connectivity index (χ3v) is 8.37. The summed E-state index contributed by atoms with van der Waals surface area (Å²) < 4.78 is 5.32. The monoisotopic (exact) mass is 566 g/mol. The number of benzene rings is 1. The molecule has 8 nitrogen and oxygen atoms in total. The SMILES string of the molecule is C/C(=N/NC(=O)c1ccc(C(=O)NCCN2CCOCC2)s1)c1csc(-c2ccc(Cl)c(Cl)c2)c1O. The zero-order valence-corrected chi connectivity index (χ0v) is 22.5. The van der Waals surface area contributed by atoms with Gasteiger partial charge >= 0.3 is 0 Å². The molecule has 0 unspecified atom stereocenters. The van der Waals surface area contributed by atoms with Crippen molar-refractivity contribution in [3.8, 4) is 16.2 Å². The first-order valence-corrected chi connectivity index (χ1v) is 13.6. The van der Waals surface area contributed by atoms with Crippen molar-refractivity contribution in [3.05, 3.63) is 61.1 Å². The molecule has 0 saturated carbocycles. The average Bonchev–Trinajstić information content (AvgIpc) is 3.52. The summed E-state index contributed by atoms with van der Waals surface area (Å²) in [5.41, 5.74) is 4.14. The molecule has 3 aromatic rings. The second kappa shape index (κ2) is 12.2. The summed E-state index contributed by atoms with van der Waals surface area (Å²) in [6, 6.07) is 8.32. The van der Waals surface area contributed by atoms with Crippen LogP contribution in [0.4, 0.5) is 0 Å². The van der Waals surface area contributed by atoms with Crippen LogP contribution in [0, 0.1) is 0 Å². The maximum absolute atomic E-state index is 12.6. The molecular formula is C24H24Cl2N4O4S2. The van der Waals surface area contributed by atoms with Crippen molar-refractivity contribution in [2.45, 2.75) is 6.92 Å². The number of aromatic hydroxyl groups is 1. The standard InChI is InChI=1S/C24H24Cl2N4O4S2/c1-14(16-13-35-22(21(16)31)15-2-3-17(25)18(26)12-15)28-29-24(33)20-5-4-19(36-20)23(32)27-6-7-30-8-10-34-11-9-30/h2-5,12-13,31H,6-11H2,1H3,(H,27,32)(H,29,33)/b28-14-. The second-order valence-electron chi connectivity index (χ2n) is 7.97. The van der Waals surface area contributed by atoms with Crippen LogP contribution in [0.1, 0.15) is 31.8 Å². The minimum atomic E-state index is -0.439. The fraction of sp³-hybridized carbons (Fsp3) is 0.292. The van der Waals surface area contributed by atoms with Crippen LogP contribution >= 0.6 is 45.9 Å². The van der Waals surface area contributed by atoms with Crippen molar-refractivity contribution < 1.29 is 19.4 Å². The van der Waals surface area contributed by atoms with Gasteiger partial charge < -0.3 is 15.2 Å². The Morgan fingerprint density at radius 3 is 2.56 bits per heavy atom. The van der Waals surface area contributed by atoms with E-state index in [2.05, 4.69) is 20.7 Å². The van der Waals surface area contributed by atoms with E-state index in [4.69, 9.17) is 27.9 Å². The van der Waals surface area contributed by atoms with E-state index in [0.29, 0.717) is 55.7 Å². The smallest absolute Gasteiger partial charge is 0.281 e. The molecule has 1 saturated heterocycles. The Kier molecular flexibility index (Phi) is 9.00. The minimum absolute atomic E-state index is 0.0426. The normalized spacial score (nSPS) is 14.6. The van der Waals surface area contributed by atoms with E-state index in [1.54, 1.807) is 42.6 Å². The summed E-state index contributed by atoms with van der Waals surface area (Å²) in [5, 5.41) is 20.3. The van der Waals surface area contributed by atoms with Crippen LogP contribution in [0.2, 0.25) is 10.0 Å². The van der Waals surface area contributed by atoms with Crippen LogP contribution < -0.4 is 10.7 Å². The Labute approximate surface area is 226 Å². The molecule has 2 aromatic heterocycles. The summed E-state index contributed by atoms with van der Waals surface area (Å²) in [4.78, 5) is 28.7. The molecule has 2 amide bonds. The minimum Gasteiger partial charge on any atom is -0.506 e. The zero-order valence-electron chi connectivity index (χ0n) is 19.3. The zero-order chi connectivity index (χ0) is 25.7. The van der Waals surface area contributed by atoms with Gasteiger partial charge in [-0.15, -0.1) is 22.7 Å². The third kappa shape index (κ3) is 6.44. The maximum Gasteiger partial charge on any atom is 0.281 e. The predicted molar refractivity (Wildman–Crippen MR) is 145 cm³/mol. The molecule has 0 bridgehead atoms. The van der Waals surface area contributed by atoms with E-state index in [1.165, 1.54) is 11.3 Å². The van der Waals surface area contributed by atoms with Crippen molar-refractivity contribution in [1.29, 1.82) is 0 Å². The largest absolute Gasteiger partial charge is 0.506 e. The van der Waals surface area contributed by atoms with Gasteiger partial charge in [-0.1, -0.05) is 29.3 Å². The van der Waals surface area contributed by atoms with Gasteiger partial charge in [-0.3, -0.25) is 14.5 Å². The van der Waals surface area contributed by atoms with Crippen LogP contribution in [0.25, 0.3) is 10.4 Å². The highest BCUT2D eigenvalue weighted by Gasteiger charge is 2.17.